The summed E-state index contributed by atoms with van der Waals surface area (Å²) in [5, 5.41) is 8.76. The molecular formula is C14H18N4O2. The molecule has 0 spiro atoms. The van der Waals surface area contributed by atoms with Crippen LogP contribution in [0.4, 0.5) is 0 Å². The second-order valence-electron chi connectivity index (χ2n) is 5.11. The van der Waals surface area contributed by atoms with Crippen LogP contribution in [-0.2, 0) is 18.8 Å². The van der Waals surface area contributed by atoms with E-state index >= 15 is 0 Å². The first-order chi connectivity index (χ1) is 9.60. The maximum atomic E-state index is 11.7. The summed E-state index contributed by atoms with van der Waals surface area (Å²) >= 11 is 0. The van der Waals surface area contributed by atoms with Gasteiger partial charge in [-0.3, -0.25) is 9.36 Å². The Morgan fingerprint density at radius 2 is 1.90 bits per heavy atom. The Balaban J connectivity index is 1.95. The van der Waals surface area contributed by atoms with Crippen molar-refractivity contribution in [1.82, 2.24) is 19.6 Å². The summed E-state index contributed by atoms with van der Waals surface area (Å²) in [7, 11) is 3.74. The van der Waals surface area contributed by atoms with E-state index in [2.05, 4.69) is 16.3 Å². The fourth-order valence-electron chi connectivity index (χ4n) is 2.32. The molecule has 1 fully saturated rings. The molecule has 1 aliphatic carbocycles. The molecule has 6 nitrogen and oxygen atoms in total. The van der Waals surface area contributed by atoms with E-state index in [4.69, 9.17) is 4.74 Å². The van der Waals surface area contributed by atoms with Crippen molar-refractivity contribution < 1.29 is 9.53 Å². The molecule has 2 aromatic heterocycles. The number of hydrogen-bond acceptors (Lipinski definition) is 4. The van der Waals surface area contributed by atoms with Gasteiger partial charge in [0.05, 0.1) is 23.7 Å². The highest BCUT2D eigenvalue weighted by atomic mass is 16.5. The Hall–Kier alpha value is -2.11. The fraction of sp³-hybridized carbons (Fsp3) is 0.500. The van der Waals surface area contributed by atoms with Gasteiger partial charge >= 0.3 is 5.97 Å². The molecule has 6 heteroatoms. The van der Waals surface area contributed by atoms with Crippen molar-refractivity contribution in [1.29, 1.82) is 0 Å². The zero-order valence-electron chi connectivity index (χ0n) is 12.0. The minimum atomic E-state index is -0.390. The first-order valence-electron chi connectivity index (χ1n) is 6.85. The third-order valence-corrected chi connectivity index (χ3v) is 3.52. The van der Waals surface area contributed by atoms with Gasteiger partial charge in [0.25, 0.3) is 0 Å². The lowest BCUT2D eigenvalue weighted by Crippen LogP contribution is -2.06. The Labute approximate surface area is 117 Å². The van der Waals surface area contributed by atoms with Crippen LogP contribution < -0.4 is 0 Å². The second-order valence-corrected chi connectivity index (χ2v) is 5.11. The Morgan fingerprint density at radius 3 is 2.55 bits per heavy atom. The second kappa shape index (κ2) is 4.77. The summed E-state index contributed by atoms with van der Waals surface area (Å²) in [6.07, 6.45) is 2.44. The van der Waals surface area contributed by atoms with Gasteiger partial charge in [-0.1, -0.05) is 0 Å². The average Bonchev–Trinajstić information content (AvgIpc) is 3.09. The van der Waals surface area contributed by atoms with Crippen LogP contribution in [0.15, 0.2) is 12.1 Å². The summed E-state index contributed by atoms with van der Waals surface area (Å²) in [6, 6.07) is 3.84. The highest BCUT2D eigenvalue weighted by Gasteiger charge is 2.27. The topological polar surface area (TPSA) is 61.9 Å². The molecule has 0 aromatic carbocycles. The molecule has 3 rings (SSSR count). The van der Waals surface area contributed by atoms with Crippen molar-refractivity contribution in [2.24, 2.45) is 14.1 Å². The van der Waals surface area contributed by atoms with E-state index in [-0.39, 0.29) is 5.97 Å². The molecule has 0 saturated heterocycles. The minimum absolute atomic E-state index is 0.332. The van der Waals surface area contributed by atoms with Crippen molar-refractivity contribution in [2.45, 2.75) is 25.7 Å². The first-order valence-corrected chi connectivity index (χ1v) is 6.85. The predicted molar refractivity (Wildman–Crippen MR) is 73.3 cm³/mol. The van der Waals surface area contributed by atoms with E-state index in [0.717, 1.165) is 17.1 Å². The van der Waals surface area contributed by atoms with Crippen LogP contribution in [0.25, 0.3) is 11.4 Å². The van der Waals surface area contributed by atoms with E-state index < -0.39 is 0 Å². The van der Waals surface area contributed by atoms with Crippen molar-refractivity contribution in [3.63, 3.8) is 0 Å². The van der Waals surface area contributed by atoms with E-state index in [1.54, 1.807) is 17.7 Å². The van der Waals surface area contributed by atoms with Gasteiger partial charge in [-0.2, -0.15) is 10.2 Å². The van der Waals surface area contributed by atoms with Crippen LogP contribution in [0, 0.1) is 0 Å². The summed E-state index contributed by atoms with van der Waals surface area (Å²) < 4.78 is 8.52. The molecule has 0 unspecified atom stereocenters. The normalized spacial score (nSPS) is 14.6. The van der Waals surface area contributed by atoms with Gasteiger partial charge < -0.3 is 4.74 Å². The number of rotatable bonds is 4. The largest absolute Gasteiger partial charge is 0.461 e. The van der Waals surface area contributed by atoms with Crippen LogP contribution in [0.5, 0.6) is 0 Å². The van der Waals surface area contributed by atoms with E-state index in [9.17, 15) is 4.79 Å². The molecule has 1 aliphatic rings. The summed E-state index contributed by atoms with van der Waals surface area (Å²) in [6.45, 7) is 2.13. The van der Waals surface area contributed by atoms with Crippen LogP contribution in [-0.4, -0.2) is 32.1 Å². The lowest BCUT2D eigenvalue weighted by Gasteiger charge is -2.00. The molecule has 106 valence electrons. The van der Waals surface area contributed by atoms with Gasteiger partial charge in [0.2, 0.25) is 0 Å². The molecule has 0 radical (unpaired) electrons. The monoisotopic (exact) mass is 274 g/mol. The van der Waals surface area contributed by atoms with E-state index in [1.165, 1.54) is 12.8 Å². The average molecular weight is 274 g/mol. The predicted octanol–water partition coefficient (Wildman–Crippen LogP) is 1.87. The van der Waals surface area contributed by atoms with Crippen molar-refractivity contribution in [3.8, 4) is 11.4 Å². The molecule has 2 heterocycles. The number of aryl methyl sites for hydroxylation is 2. The molecule has 1 saturated carbocycles. The van der Waals surface area contributed by atoms with Gasteiger partial charge in [-0.25, -0.2) is 4.79 Å². The molecule has 0 aliphatic heterocycles. The van der Waals surface area contributed by atoms with E-state index in [0.29, 0.717) is 18.2 Å². The van der Waals surface area contributed by atoms with Gasteiger partial charge in [0, 0.05) is 26.1 Å². The van der Waals surface area contributed by atoms with Crippen molar-refractivity contribution >= 4 is 5.97 Å². The first kappa shape index (κ1) is 12.9. The molecule has 0 atom stereocenters. The van der Waals surface area contributed by atoms with Gasteiger partial charge in [0.1, 0.15) is 0 Å². The van der Waals surface area contributed by atoms with E-state index in [1.807, 2.05) is 18.8 Å². The number of carbonyl (C=O) groups excluding carboxylic acids is 1. The van der Waals surface area contributed by atoms with Crippen LogP contribution in [0.1, 0.15) is 41.9 Å². The lowest BCUT2D eigenvalue weighted by atomic mass is 10.2. The maximum absolute atomic E-state index is 11.7. The summed E-state index contributed by atoms with van der Waals surface area (Å²) in [5.74, 6) is 0.214. The molecule has 20 heavy (non-hydrogen) atoms. The van der Waals surface area contributed by atoms with Gasteiger partial charge in [-0.05, 0) is 25.8 Å². The number of carbonyl (C=O) groups is 1. The Kier molecular flexibility index (Phi) is 3.08. The standard InChI is InChI=1S/C14H18N4O2/c1-4-20-14(19)11-8-13(18(3)16-11)12-7-10(9-5-6-9)15-17(12)2/h7-9H,4-6H2,1-3H3. The Bertz CT molecular complexity index is 652. The third kappa shape index (κ3) is 2.21. The van der Waals surface area contributed by atoms with Crippen LogP contribution in [0.2, 0.25) is 0 Å². The summed E-state index contributed by atoms with van der Waals surface area (Å²) in [4.78, 5) is 11.7. The molecular weight excluding hydrogens is 256 g/mol. The van der Waals surface area contributed by atoms with Gasteiger partial charge in [-0.15, -0.1) is 0 Å². The van der Waals surface area contributed by atoms with Crippen molar-refractivity contribution in [3.05, 3.63) is 23.5 Å². The SMILES string of the molecule is CCOC(=O)c1cc(-c2cc(C3CC3)nn2C)n(C)n1. The molecule has 0 bridgehead atoms. The number of ether oxygens (including phenoxy) is 1. The smallest absolute Gasteiger partial charge is 0.358 e. The lowest BCUT2D eigenvalue weighted by molar-refractivity contribution is 0.0518. The van der Waals surface area contributed by atoms with Crippen molar-refractivity contribution in [2.75, 3.05) is 6.61 Å². The number of esters is 1. The summed E-state index contributed by atoms with van der Waals surface area (Å²) in [5.41, 5.74) is 3.30. The minimum Gasteiger partial charge on any atom is -0.461 e. The number of nitrogens with zero attached hydrogens (tertiary/aromatic N) is 4. The molecule has 0 N–H and O–H groups in total. The Morgan fingerprint density at radius 1 is 1.25 bits per heavy atom. The van der Waals surface area contributed by atoms with Gasteiger partial charge in [0.15, 0.2) is 5.69 Å². The van der Waals surface area contributed by atoms with Crippen LogP contribution >= 0.6 is 0 Å². The molecule has 0 amide bonds. The molecule has 2 aromatic rings. The zero-order valence-corrected chi connectivity index (χ0v) is 12.0. The fourth-order valence-corrected chi connectivity index (χ4v) is 2.32. The quantitative estimate of drug-likeness (QED) is 0.799. The number of hydrogen-bond donors (Lipinski definition) is 0. The highest BCUT2D eigenvalue weighted by molar-refractivity contribution is 5.88. The van der Waals surface area contributed by atoms with Crippen LogP contribution in [0.3, 0.4) is 0 Å². The highest BCUT2D eigenvalue weighted by Crippen LogP contribution is 2.40. The number of aromatic nitrogens is 4. The maximum Gasteiger partial charge on any atom is 0.358 e. The zero-order chi connectivity index (χ0) is 14.3. The third-order valence-electron chi connectivity index (χ3n) is 3.52.